The zero-order valence-electron chi connectivity index (χ0n) is 7.02. The molecule has 0 fully saturated rings. The molecule has 0 aromatic carbocycles. The smallest absolute Gasteiger partial charge is 0.294 e. The summed E-state index contributed by atoms with van der Waals surface area (Å²) in [5, 5.41) is 0. The molecule has 0 saturated heterocycles. The van der Waals surface area contributed by atoms with Crippen molar-refractivity contribution in [3.63, 3.8) is 0 Å². The average Bonchev–Trinajstić information content (AvgIpc) is 2.44. The maximum absolute atomic E-state index is 12.5. The number of halogens is 5. The van der Waals surface area contributed by atoms with Crippen LogP contribution in [0.1, 0.15) is 5.82 Å². The van der Waals surface area contributed by atoms with Crippen molar-refractivity contribution in [2.45, 2.75) is 6.18 Å². The zero-order chi connectivity index (χ0) is 11.2. The number of aromatic nitrogens is 2. The highest BCUT2D eigenvalue weighted by atomic mass is 79.9. The Kier molecular flexibility index (Phi) is 2.54. The fourth-order valence-electron chi connectivity index (χ4n) is 1.26. The summed E-state index contributed by atoms with van der Waals surface area (Å²) in [6, 6.07) is 3.17. The van der Waals surface area contributed by atoms with Crippen LogP contribution in [-0.4, -0.2) is 9.38 Å². The van der Waals surface area contributed by atoms with Crippen LogP contribution in [0.3, 0.4) is 0 Å². The number of hydrogen-bond acceptors (Lipinski definition) is 1. The van der Waals surface area contributed by atoms with Gasteiger partial charge in [0.15, 0.2) is 0 Å². The zero-order valence-corrected chi connectivity index (χ0v) is 10.2. The van der Waals surface area contributed by atoms with Crippen molar-refractivity contribution >= 4 is 37.4 Å². The Balaban J connectivity index is 2.85. The molecule has 0 unspecified atom stereocenters. The summed E-state index contributed by atoms with van der Waals surface area (Å²) in [5.74, 6) is -0.939. The fourth-order valence-corrected chi connectivity index (χ4v) is 2.63. The Labute approximate surface area is 99.4 Å². The molecule has 0 atom stereocenters. The van der Waals surface area contributed by atoms with E-state index in [9.17, 15) is 13.2 Å². The summed E-state index contributed by atoms with van der Waals surface area (Å²) >= 11 is 6.17. The third kappa shape index (κ3) is 1.78. The lowest BCUT2D eigenvalue weighted by atomic mass is 10.4. The van der Waals surface area contributed by atoms with Crippen LogP contribution in [0, 0.1) is 0 Å². The summed E-state index contributed by atoms with van der Waals surface area (Å²) in [4.78, 5) is 3.45. The number of nitrogens with zero attached hydrogens (tertiary/aromatic N) is 2. The molecule has 0 radical (unpaired) electrons. The van der Waals surface area contributed by atoms with Crippen molar-refractivity contribution in [2.24, 2.45) is 0 Å². The highest BCUT2D eigenvalue weighted by Gasteiger charge is 2.37. The molecule has 7 heteroatoms. The highest BCUT2D eigenvalue weighted by molar-refractivity contribution is 9.11. The van der Waals surface area contributed by atoms with E-state index in [1.165, 1.54) is 12.3 Å². The molecule has 0 amide bonds. The molecule has 2 heterocycles. The second-order valence-electron chi connectivity index (χ2n) is 2.80. The van der Waals surface area contributed by atoms with E-state index >= 15 is 0 Å². The second-order valence-corrected chi connectivity index (χ2v) is 4.40. The third-order valence-corrected chi connectivity index (χ3v) is 3.02. The lowest BCUT2D eigenvalue weighted by Gasteiger charge is -2.04. The van der Waals surface area contributed by atoms with E-state index in [1.807, 2.05) is 0 Å². The van der Waals surface area contributed by atoms with Gasteiger partial charge in [-0.2, -0.15) is 13.2 Å². The Hall–Kier alpha value is -0.560. The Morgan fingerprint density at radius 2 is 1.93 bits per heavy atom. The SMILES string of the molecule is FC(F)(F)c1nc(Br)c2c(Br)cccn12. The van der Waals surface area contributed by atoms with Crippen LogP contribution < -0.4 is 0 Å². The van der Waals surface area contributed by atoms with Crippen molar-refractivity contribution < 1.29 is 13.2 Å². The first kappa shape index (κ1) is 10.9. The lowest BCUT2D eigenvalue weighted by Crippen LogP contribution is -2.10. The van der Waals surface area contributed by atoms with Crippen molar-refractivity contribution in [2.75, 3.05) is 0 Å². The van der Waals surface area contributed by atoms with Crippen LogP contribution in [0.25, 0.3) is 5.52 Å². The number of hydrogen-bond donors (Lipinski definition) is 0. The standard InChI is InChI=1S/C8H3Br2F3N2/c9-4-2-1-3-15-5(4)6(10)14-7(15)8(11,12)13/h1-3H. The second kappa shape index (κ2) is 3.48. The molecule has 80 valence electrons. The van der Waals surface area contributed by atoms with Crippen molar-refractivity contribution in [3.05, 3.63) is 33.2 Å². The molecule has 0 aliphatic heterocycles. The minimum Gasteiger partial charge on any atom is -0.294 e. The number of fused-ring (bicyclic) bond motifs is 1. The van der Waals surface area contributed by atoms with Gasteiger partial charge in [0, 0.05) is 10.7 Å². The van der Waals surface area contributed by atoms with E-state index in [4.69, 9.17) is 0 Å². The van der Waals surface area contributed by atoms with Gasteiger partial charge in [0.1, 0.15) is 4.60 Å². The molecule has 15 heavy (non-hydrogen) atoms. The Morgan fingerprint density at radius 3 is 2.53 bits per heavy atom. The van der Waals surface area contributed by atoms with E-state index in [2.05, 4.69) is 36.8 Å². The third-order valence-electron chi connectivity index (χ3n) is 1.83. The van der Waals surface area contributed by atoms with Crippen LogP contribution >= 0.6 is 31.9 Å². The van der Waals surface area contributed by atoms with Gasteiger partial charge in [-0.3, -0.25) is 4.40 Å². The summed E-state index contributed by atoms with van der Waals surface area (Å²) in [6.45, 7) is 0. The first-order valence-corrected chi connectivity index (χ1v) is 5.39. The average molecular weight is 344 g/mol. The van der Waals surface area contributed by atoms with Crippen molar-refractivity contribution in [1.29, 1.82) is 0 Å². The highest BCUT2D eigenvalue weighted by Crippen LogP contribution is 2.34. The fraction of sp³-hybridized carbons (Fsp3) is 0.125. The van der Waals surface area contributed by atoms with Crippen molar-refractivity contribution in [3.8, 4) is 0 Å². The molecule has 2 rings (SSSR count). The van der Waals surface area contributed by atoms with E-state index in [0.29, 0.717) is 9.99 Å². The minimum absolute atomic E-state index is 0.169. The predicted octanol–water partition coefficient (Wildman–Crippen LogP) is 3.88. The largest absolute Gasteiger partial charge is 0.450 e. The van der Waals surface area contributed by atoms with Gasteiger partial charge in [0.2, 0.25) is 5.82 Å². The number of rotatable bonds is 0. The molecule has 0 N–H and O–H groups in total. The maximum atomic E-state index is 12.5. The number of imidazole rings is 1. The molecule has 2 aromatic rings. The molecule has 2 aromatic heterocycles. The van der Waals surface area contributed by atoms with Gasteiger partial charge >= 0.3 is 6.18 Å². The van der Waals surface area contributed by atoms with E-state index in [0.717, 1.165) is 4.40 Å². The van der Waals surface area contributed by atoms with Gasteiger partial charge in [0.05, 0.1) is 5.52 Å². The van der Waals surface area contributed by atoms with Gasteiger partial charge in [-0.25, -0.2) is 4.98 Å². The van der Waals surface area contributed by atoms with Gasteiger partial charge in [-0.05, 0) is 44.0 Å². The molecule has 2 nitrogen and oxygen atoms in total. The molecule has 0 aliphatic rings. The van der Waals surface area contributed by atoms with Crippen molar-refractivity contribution in [1.82, 2.24) is 9.38 Å². The summed E-state index contributed by atoms with van der Waals surface area (Å²) < 4.78 is 39.3. The van der Waals surface area contributed by atoms with Crippen LogP contribution in [0.2, 0.25) is 0 Å². The van der Waals surface area contributed by atoms with Crippen LogP contribution in [0.4, 0.5) is 13.2 Å². The Bertz CT molecular complexity index is 518. The van der Waals surface area contributed by atoms with Crippen LogP contribution in [-0.2, 0) is 6.18 Å². The molecule has 0 saturated carbocycles. The topological polar surface area (TPSA) is 17.3 Å². The van der Waals surface area contributed by atoms with Crippen LogP contribution in [0.5, 0.6) is 0 Å². The lowest BCUT2D eigenvalue weighted by molar-refractivity contribution is -0.145. The normalized spacial score (nSPS) is 12.3. The quantitative estimate of drug-likeness (QED) is 0.709. The maximum Gasteiger partial charge on any atom is 0.450 e. The number of pyridine rings is 1. The molecular weight excluding hydrogens is 341 g/mol. The van der Waals surface area contributed by atoms with Gasteiger partial charge in [0.25, 0.3) is 0 Å². The monoisotopic (exact) mass is 342 g/mol. The minimum atomic E-state index is -4.46. The summed E-state index contributed by atoms with van der Waals surface area (Å²) in [5.41, 5.74) is 0.366. The summed E-state index contributed by atoms with van der Waals surface area (Å²) in [6.07, 6.45) is -3.14. The van der Waals surface area contributed by atoms with Gasteiger partial charge in [-0.1, -0.05) is 0 Å². The first-order chi connectivity index (χ1) is 6.91. The predicted molar refractivity (Wildman–Crippen MR) is 55.6 cm³/mol. The van der Waals surface area contributed by atoms with E-state index in [-0.39, 0.29) is 4.60 Å². The molecule has 0 aliphatic carbocycles. The van der Waals surface area contributed by atoms with Crippen LogP contribution in [0.15, 0.2) is 27.4 Å². The molecular formula is C8H3Br2F3N2. The van der Waals surface area contributed by atoms with Gasteiger partial charge < -0.3 is 0 Å². The Morgan fingerprint density at radius 1 is 1.27 bits per heavy atom. The molecule has 0 spiro atoms. The van der Waals surface area contributed by atoms with Gasteiger partial charge in [-0.15, -0.1) is 0 Å². The molecule has 0 bridgehead atoms. The number of alkyl halides is 3. The van der Waals surface area contributed by atoms with E-state index < -0.39 is 12.0 Å². The first-order valence-electron chi connectivity index (χ1n) is 3.80. The van der Waals surface area contributed by atoms with E-state index in [1.54, 1.807) is 6.07 Å². The summed E-state index contributed by atoms with van der Waals surface area (Å²) in [7, 11) is 0.